The van der Waals surface area contributed by atoms with Crippen LogP contribution in [0, 0.1) is 6.92 Å². The first kappa shape index (κ1) is 17.4. The second-order valence-electron chi connectivity index (χ2n) is 7.52. The molecular formula is C23H22ClN3O. The molecular weight excluding hydrogens is 370 g/mol. The van der Waals surface area contributed by atoms with E-state index in [1.54, 1.807) is 0 Å². The van der Waals surface area contributed by atoms with Crippen LogP contribution in [-0.4, -0.2) is 28.2 Å². The lowest BCUT2D eigenvalue weighted by Crippen LogP contribution is -2.03. The van der Waals surface area contributed by atoms with Crippen LogP contribution in [0.4, 0.5) is 0 Å². The molecule has 0 unspecified atom stereocenters. The Balaban J connectivity index is 0.000000300. The number of H-pyrrole nitrogens is 2. The molecule has 0 amide bonds. The van der Waals surface area contributed by atoms with Gasteiger partial charge in [-0.25, -0.2) is 0 Å². The molecule has 4 nitrogen and oxygen atoms in total. The lowest BCUT2D eigenvalue weighted by Gasteiger charge is -1.99. The molecule has 3 heterocycles. The van der Waals surface area contributed by atoms with E-state index in [2.05, 4.69) is 40.4 Å². The number of fused-ring (bicyclic) bond motifs is 6. The maximum atomic E-state index is 10.8. The van der Waals surface area contributed by atoms with Crippen LogP contribution >= 0.6 is 11.6 Å². The van der Waals surface area contributed by atoms with Gasteiger partial charge in [0.25, 0.3) is 0 Å². The topological polar surface area (TPSA) is 63.8 Å². The Morgan fingerprint density at radius 1 is 0.786 bits per heavy atom. The van der Waals surface area contributed by atoms with Crippen LogP contribution in [0.3, 0.4) is 0 Å². The first-order valence-electron chi connectivity index (χ1n) is 9.67. The Labute approximate surface area is 167 Å². The molecule has 0 saturated carbocycles. The van der Waals surface area contributed by atoms with Crippen LogP contribution in [0.15, 0.2) is 42.5 Å². The highest BCUT2D eigenvalue weighted by Crippen LogP contribution is 2.40. The van der Waals surface area contributed by atoms with Crippen LogP contribution in [0.1, 0.15) is 18.4 Å². The molecule has 2 aromatic heterocycles. The number of halogens is 1. The number of aromatic amines is 2. The molecule has 1 fully saturated rings. The van der Waals surface area contributed by atoms with Gasteiger partial charge in [-0.15, -0.1) is 0 Å². The van der Waals surface area contributed by atoms with E-state index in [0.29, 0.717) is 5.02 Å². The lowest BCUT2D eigenvalue weighted by molar-refractivity contribution is 0.486. The van der Waals surface area contributed by atoms with E-state index in [9.17, 15) is 5.11 Å². The number of hydrogen-bond donors (Lipinski definition) is 4. The van der Waals surface area contributed by atoms with Crippen LogP contribution in [0.2, 0.25) is 5.02 Å². The normalized spacial score (nSPS) is 14.2. The van der Waals surface area contributed by atoms with E-state index in [-0.39, 0.29) is 5.75 Å². The van der Waals surface area contributed by atoms with Gasteiger partial charge in [-0.1, -0.05) is 23.2 Å². The number of phenolic OH excluding ortho intramolecular Hbond substituents is 1. The van der Waals surface area contributed by atoms with Crippen LogP contribution in [0.25, 0.3) is 43.6 Å². The second kappa shape index (κ2) is 6.73. The van der Waals surface area contributed by atoms with E-state index in [1.165, 1.54) is 31.5 Å². The summed E-state index contributed by atoms with van der Waals surface area (Å²) < 4.78 is 0. The number of benzene rings is 3. The predicted molar refractivity (Wildman–Crippen MR) is 119 cm³/mol. The molecule has 1 aliphatic rings. The van der Waals surface area contributed by atoms with Crippen LogP contribution in [-0.2, 0) is 0 Å². The Morgan fingerprint density at radius 3 is 2.00 bits per heavy atom. The third kappa shape index (κ3) is 2.81. The summed E-state index contributed by atoms with van der Waals surface area (Å²) in [6, 6.07) is 14.1. The zero-order valence-corrected chi connectivity index (χ0v) is 16.5. The average molecular weight is 392 g/mol. The summed E-state index contributed by atoms with van der Waals surface area (Å²) in [6.07, 6.45) is 2.78. The number of phenols is 1. The van der Waals surface area contributed by atoms with E-state index < -0.39 is 0 Å². The molecule has 0 radical (unpaired) electrons. The monoisotopic (exact) mass is 391 g/mol. The van der Waals surface area contributed by atoms with Crippen molar-refractivity contribution in [3.8, 4) is 5.75 Å². The molecule has 0 aliphatic carbocycles. The van der Waals surface area contributed by atoms with Crippen molar-refractivity contribution in [2.75, 3.05) is 13.1 Å². The summed E-state index contributed by atoms with van der Waals surface area (Å²) >= 11 is 6.15. The van der Waals surface area contributed by atoms with Crippen molar-refractivity contribution in [2.45, 2.75) is 19.8 Å². The first-order valence-corrected chi connectivity index (χ1v) is 10.1. The number of aromatic hydroxyl groups is 1. The minimum Gasteiger partial charge on any atom is -0.504 e. The van der Waals surface area contributed by atoms with E-state index in [1.807, 2.05) is 24.3 Å². The van der Waals surface area contributed by atoms with E-state index >= 15 is 0 Å². The van der Waals surface area contributed by atoms with Crippen LogP contribution in [0.5, 0.6) is 5.75 Å². The van der Waals surface area contributed by atoms with Crippen molar-refractivity contribution in [3.63, 3.8) is 0 Å². The van der Waals surface area contributed by atoms with Gasteiger partial charge in [0.05, 0.1) is 11.0 Å². The highest BCUT2D eigenvalue weighted by Gasteiger charge is 2.15. The Kier molecular flexibility index (Phi) is 4.18. The quantitative estimate of drug-likeness (QED) is 0.262. The molecule has 0 spiro atoms. The Hall–Kier alpha value is -2.69. The van der Waals surface area contributed by atoms with E-state index in [4.69, 9.17) is 11.6 Å². The number of rotatable bonds is 0. The molecule has 3 aromatic carbocycles. The maximum Gasteiger partial charge on any atom is 0.164 e. The predicted octanol–water partition coefficient (Wildman–Crippen LogP) is 5.99. The minimum atomic E-state index is 0.249. The first-order chi connectivity index (χ1) is 13.6. The zero-order chi connectivity index (χ0) is 19.3. The molecule has 28 heavy (non-hydrogen) atoms. The van der Waals surface area contributed by atoms with Crippen molar-refractivity contribution < 1.29 is 5.11 Å². The molecule has 0 bridgehead atoms. The molecule has 142 valence electrons. The molecule has 0 atom stereocenters. The molecule has 4 N–H and O–H groups in total. The van der Waals surface area contributed by atoms with Crippen molar-refractivity contribution in [3.05, 3.63) is 53.1 Å². The minimum absolute atomic E-state index is 0.249. The van der Waals surface area contributed by atoms with E-state index in [0.717, 1.165) is 43.6 Å². The lowest BCUT2D eigenvalue weighted by atomic mass is 10.1. The fourth-order valence-corrected chi connectivity index (χ4v) is 4.25. The summed E-state index contributed by atoms with van der Waals surface area (Å²) in [5, 5.41) is 18.8. The van der Waals surface area contributed by atoms with Gasteiger partial charge >= 0.3 is 0 Å². The van der Waals surface area contributed by atoms with Gasteiger partial charge in [0, 0.05) is 37.6 Å². The molecule has 5 heteroatoms. The highest BCUT2D eigenvalue weighted by molar-refractivity contribution is 6.32. The second-order valence-corrected chi connectivity index (χ2v) is 7.95. The Morgan fingerprint density at radius 2 is 1.39 bits per heavy atom. The summed E-state index contributed by atoms with van der Waals surface area (Å²) in [6.45, 7) is 4.57. The maximum absolute atomic E-state index is 10.8. The van der Waals surface area contributed by atoms with Crippen LogP contribution < -0.4 is 5.32 Å². The zero-order valence-electron chi connectivity index (χ0n) is 15.7. The van der Waals surface area contributed by atoms with Gasteiger partial charge < -0.3 is 20.4 Å². The Bertz CT molecular complexity index is 1230. The smallest absolute Gasteiger partial charge is 0.164 e. The van der Waals surface area contributed by atoms with Crippen molar-refractivity contribution in [1.29, 1.82) is 0 Å². The van der Waals surface area contributed by atoms with Gasteiger partial charge in [-0.2, -0.15) is 0 Å². The third-order valence-corrected chi connectivity index (χ3v) is 5.75. The standard InChI is InChI=1S/C19H13ClN2O.C4H9N/c1-9-2-4-15-11(6-9)13-8-14-12-7-10(20)3-5-16(12)22-18(14)19(23)17(13)21-15;1-2-4-5-3-1/h2-8,21-23H,1H3;5H,1-4H2. The van der Waals surface area contributed by atoms with Crippen molar-refractivity contribution in [2.24, 2.45) is 0 Å². The molecule has 1 saturated heterocycles. The third-order valence-electron chi connectivity index (χ3n) is 5.51. The SMILES string of the molecule is C1CCNC1.Cc1ccc2[nH]c3c(O)c4[nH]c5ccc(Cl)cc5c4cc3c2c1. The summed E-state index contributed by atoms with van der Waals surface area (Å²) in [4.78, 5) is 6.62. The summed E-state index contributed by atoms with van der Waals surface area (Å²) in [5.41, 5.74) is 4.68. The van der Waals surface area contributed by atoms with Gasteiger partial charge in [-0.05, 0) is 69.3 Å². The summed E-state index contributed by atoms with van der Waals surface area (Å²) in [7, 11) is 0. The number of aryl methyl sites for hydroxylation is 1. The number of nitrogens with one attached hydrogen (secondary N) is 3. The van der Waals surface area contributed by atoms with Gasteiger partial charge in [0.2, 0.25) is 0 Å². The molecule has 1 aliphatic heterocycles. The number of aromatic nitrogens is 2. The number of hydrogen-bond acceptors (Lipinski definition) is 2. The highest BCUT2D eigenvalue weighted by atomic mass is 35.5. The fraction of sp³-hybridized carbons (Fsp3) is 0.217. The van der Waals surface area contributed by atoms with Crippen molar-refractivity contribution in [1.82, 2.24) is 15.3 Å². The van der Waals surface area contributed by atoms with Gasteiger partial charge in [-0.3, -0.25) is 0 Å². The summed E-state index contributed by atoms with van der Waals surface area (Å²) in [5.74, 6) is 0.249. The average Bonchev–Trinajstić information content (AvgIpc) is 3.42. The largest absolute Gasteiger partial charge is 0.504 e. The fourth-order valence-electron chi connectivity index (χ4n) is 4.08. The van der Waals surface area contributed by atoms with Gasteiger partial charge in [0.1, 0.15) is 0 Å². The van der Waals surface area contributed by atoms with Gasteiger partial charge in [0.15, 0.2) is 5.75 Å². The van der Waals surface area contributed by atoms with Crippen molar-refractivity contribution >= 4 is 55.2 Å². The molecule has 6 rings (SSSR count). The molecule has 5 aromatic rings.